The van der Waals surface area contributed by atoms with Gasteiger partial charge >= 0.3 is 0 Å². The first-order valence-electron chi connectivity index (χ1n) is 9.09. The van der Waals surface area contributed by atoms with Gasteiger partial charge in [-0.05, 0) is 30.9 Å². The molecule has 2 aliphatic rings. The summed E-state index contributed by atoms with van der Waals surface area (Å²) in [6.45, 7) is 0.157. The first-order valence-corrected chi connectivity index (χ1v) is 9.09. The summed E-state index contributed by atoms with van der Waals surface area (Å²) in [6, 6.07) is 11.3. The van der Waals surface area contributed by atoms with E-state index in [9.17, 15) is 14.4 Å². The summed E-state index contributed by atoms with van der Waals surface area (Å²) < 4.78 is 0. The van der Waals surface area contributed by atoms with E-state index in [1.54, 1.807) is 12.3 Å². The zero-order chi connectivity index (χ0) is 18.8. The van der Waals surface area contributed by atoms with Crippen molar-refractivity contribution < 1.29 is 14.4 Å². The maximum atomic E-state index is 13.1. The molecule has 1 aliphatic carbocycles. The summed E-state index contributed by atoms with van der Waals surface area (Å²) in [7, 11) is 0. The summed E-state index contributed by atoms with van der Waals surface area (Å²) in [5, 5.41) is 2.74. The Balaban J connectivity index is 1.59. The van der Waals surface area contributed by atoms with Crippen molar-refractivity contribution in [3.05, 3.63) is 54.5 Å². The van der Waals surface area contributed by atoms with Crippen molar-refractivity contribution in [1.29, 1.82) is 0 Å². The number of hydrogen-bond acceptors (Lipinski definition) is 5. The van der Waals surface area contributed by atoms with Crippen molar-refractivity contribution in [2.24, 2.45) is 11.8 Å². The molecule has 0 radical (unpaired) electrons. The van der Waals surface area contributed by atoms with E-state index in [0.29, 0.717) is 12.2 Å². The Morgan fingerprint density at radius 2 is 1.93 bits per heavy atom. The SMILES string of the molecule is O=C(NC1CC1)C(=O)[C@H]1CN(c2ccncn2)C(=O)[C@@H]1Cc1ccccc1. The first-order chi connectivity index (χ1) is 13.1. The van der Waals surface area contributed by atoms with Crippen LogP contribution in [0.3, 0.4) is 0 Å². The third-order valence-electron chi connectivity index (χ3n) is 5.06. The molecule has 0 bridgehead atoms. The number of anilines is 1. The first kappa shape index (κ1) is 17.3. The molecule has 0 spiro atoms. The second kappa shape index (κ2) is 7.26. The van der Waals surface area contributed by atoms with Gasteiger partial charge in [-0.3, -0.25) is 19.3 Å². The van der Waals surface area contributed by atoms with Crippen LogP contribution in [0.4, 0.5) is 5.82 Å². The van der Waals surface area contributed by atoms with Crippen LogP contribution in [0.25, 0.3) is 0 Å². The van der Waals surface area contributed by atoms with Crippen LogP contribution in [0.2, 0.25) is 0 Å². The fourth-order valence-electron chi connectivity index (χ4n) is 3.45. The van der Waals surface area contributed by atoms with Gasteiger partial charge in [-0.2, -0.15) is 0 Å². The smallest absolute Gasteiger partial charge is 0.287 e. The quantitative estimate of drug-likeness (QED) is 0.776. The molecule has 1 aromatic heterocycles. The molecule has 4 rings (SSSR count). The van der Waals surface area contributed by atoms with Gasteiger partial charge in [-0.25, -0.2) is 9.97 Å². The van der Waals surface area contributed by atoms with Crippen LogP contribution in [0.15, 0.2) is 48.9 Å². The largest absolute Gasteiger partial charge is 0.347 e. The predicted octanol–water partition coefficient (Wildman–Crippen LogP) is 1.15. The fourth-order valence-corrected chi connectivity index (χ4v) is 3.45. The van der Waals surface area contributed by atoms with Crippen molar-refractivity contribution in [3.8, 4) is 0 Å². The summed E-state index contributed by atoms with van der Waals surface area (Å²) in [6.07, 6.45) is 5.14. The number of ketones is 1. The molecular formula is C20H20N4O3. The highest BCUT2D eigenvalue weighted by Gasteiger charge is 2.47. The van der Waals surface area contributed by atoms with E-state index in [1.165, 1.54) is 11.2 Å². The molecule has 27 heavy (non-hydrogen) atoms. The molecule has 2 aromatic rings. The molecule has 1 saturated carbocycles. The number of carbonyl (C=O) groups is 3. The number of rotatable bonds is 6. The Bertz CT molecular complexity index is 852. The average molecular weight is 364 g/mol. The molecule has 1 N–H and O–H groups in total. The second-order valence-corrected chi connectivity index (χ2v) is 7.03. The van der Waals surface area contributed by atoms with Gasteiger partial charge in [-0.15, -0.1) is 0 Å². The van der Waals surface area contributed by atoms with E-state index in [4.69, 9.17) is 0 Å². The maximum absolute atomic E-state index is 13.1. The van der Waals surface area contributed by atoms with Crippen LogP contribution >= 0.6 is 0 Å². The number of nitrogens with zero attached hydrogens (tertiary/aromatic N) is 3. The van der Waals surface area contributed by atoms with E-state index >= 15 is 0 Å². The monoisotopic (exact) mass is 364 g/mol. The number of carbonyl (C=O) groups excluding carboxylic acids is 3. The van der Waals surface area contributed by atoms with E-state index in [-0.39, 0.29) is 18.5 Å². The fraction of sp³-hybridized carbons (Fsp3) is 0.350. The minimum Gasteiger partial charge on any atom is -0.347 e. The van der Waals surface area contributed by atoms with E-state index in [0.717, 1.165) is 18.4 Å². The molecule has 2 amide bonds. The standard InChI is InChI=1S/C20H20N4O3/c25-18(19(26)23-14-6-7-14)16-11-24(17-8-9-21-12-22-17)20(27)15(16)10-13-4-2-1-3-5-13/h1-5,8-9,12,14-16H,6-7,10-11H2,(H,23,26)/t15-,16+/m1/s1. The number of aromatic nitrogens is 2. The molecule has 2 heterocycles. The molecule has 0 unspecified atom stereocenters. The molecule has 1 aliphatic heterocycles. The molecule has 2 atom stereocenters. The molecule has 138 valence electrons. The van der Waals surface area contributed by atoms with Crippen LogP contribution < -0.4 is 10.2 Å². The molecule has 7 nitrogen and oxygen atoms in total. The van der Waals surface area contributed by atoms with Crippen molar-refractivity contribution in [2.45, 2.75) is 25.3 Å². The minimum atomic E-state index is -0.688. The third-order valence-corrected chi connectivity index (χ3v) is 5.06. The van der Waals surface area contributed by atoms with Crippen molar-refractivity contribution >= 4 is 23.4 Å². The lowest BCUT2D eigenvalue weighted by Gasteiger charge is -2.15. The van der Waals surface area contributed by atoms with Crippen molar-refractivity contribution in [2.75, 3.05) is 11.4 Å². The Morgan fingerprint density at radius 1 is 1.15 bits per heavy atom. The van der Waals surface area contributed by atoms with Crippen molar-refractivity contribution in [1.82, 2.24) is 15.3 Å². The van der Waals surface area contributed by atoms with Gasteiger partial charge in [0.2, 0.25) is 11.7 Å². The maximum Gasteiger partial charge on any atom is 0.287 e. The van der Waals surface area contributed by atoms with Crippen LogP contribution in [-0.2, 0) is 20.8 Å². The third kappa shape index (κ3) is 3.72. The van der Waals surface area contributed by atoms with E-state index < -0.39 is 23.5 Å². The highest BCUT2D eigenvalue weighted by Crippen LogP contribution is 2.32. The lowest BCUT2D eigenvalue weighted by molar-refractivity contribution is -0.141. The van der Waals surface area contributed by atoms with Crippen LogP contribution in [0, 0.1) is 11.8 Å². The zero-order valence-electron chi connectivity index (χ0n) is 14.7. The predicted molar refractivity (Wildman–Crippen MR) is 97.7 cm³/mol. The molecule has 1 aromatic carbocycles. The Morgan fingerprint density at radius 3 is 2.59 bits per heavy atom. The van der Waals surface area contributed by atoms with Gasteiger partial charge in [0.05, 0.1) is 11.8 Å². The molecule has 7 heteroatoms. The minimum absolute atomic E-state index is 0.101. The number of amides is 2. The molecular weight excluding hydrogens is 344 g/mol. The van der Waals surface area contributed by atoms with Gasteiger partial charge in [0.15, 0.2) is 0 Å². The van der Waals surface area contributed by atoms with Gasteiger partial charge in [0.1, 0.15) is 12.1 Å². The number of hydrogen-bond donors (Lipinski definition) is 1. The number of Topliss-reactive ketones (excluding diaryl/α,β-unsaturated/α-hetero) is 1. The molecule has 2 fully saturated rings. The summed E-state index contributed by atoms with van der Waals surface area (Å²) in [4.78, 5) is 47.7. The lowest BCUT2D eigenvalue weighted by Crippen LogP contribution is -2.39. The van der Waals surface area contributed by atoms with Crippen LogP contribution in [0.1, 0.15) is 18.4 Å². The Kier molecular flexibility index (Phi) is 4.66. The summed E-state index contributed by atoms with van der Waals surface area (Å²) in [5.74, 6) is -2.11. The normalized spacial score (nSPS) is 21.9. The number of nitrogens with one attached hydrogen (secondary N) is 1. The zero-order valence-corrected chi connectivity index (χ0v) is 14.7. The highest BCUT2D eigenvalue weighted by molar-refractivity contribution is 6.38. The molecule has 1 saturated heterocycles. The topological polar surface area (TPSA) is 92.3 Å². The van der Waals surface area contributed by atoms with E-state index in [1.807, 2.05) is 30.3 Å². The lowest BCUT2D eigenvalue weighted by atomic mass is 9.86. The Hall–Kier alpha value is -3.09. The Labute approximate surface area is 156 Å². The van der Waals surface area contributed by atoms with Gasteiger partial charge < -0.3 is 5.32 Å². The van der Waals surface area contributed by atoms with Gasteiger partial charge in [0.25, 0.3) is 5.91 Å². The number of benzene rings is 1. The van der Waals surface area contributed by atoms with Gasteiger partial charge in [0, 0.05) is 18.8 Å². The highest BCUT2D eigenvalue weighted by atomic mass is 16.2. The van der Waals surface area contributed by atoms with Gasteiger partial charge in [-0.1, -0.05) is 30.3 Å². The van der Waals surface area contributed by atoms with Crippen LogP contribution in [0.5, 0.6) is 0 Å². The average Bonchev–Trinajstić information content (AvgIpc) is 3.46. The van der Waals surface area contributed by atoms with Crippen LogP contribution in [-0.4, -0.2) is 40.2 Å². The van der Waals surface area contributed by atoms with Crippen molar-refractivity contribution in [3.63, 3.8) is 0 Å². The second-order valence-electron chi connectivity index (χ2n) is 7.03. The summed E-state index contributed by atoms with van der Waals surface area (Å²) in [5.41, 5.74) is 0.959. The van der Waals surface area contributed by atoms with E-state index in [2.05, 4.69) is 15.3 Å². The summed E-state index contributed by atoms with van der Waals surface area (Å²) >= 11 is 0.